The minimum absolute atomic E-state index is 0.141. The van der Waals surface area contributed by atoms with Crippen LogP contribution in [0.25, 0.3) is 0 Å². The van der Waals surface area contributed by atoms with E-state index in [1.165, 1.54) is 6.20 Å². The van der Waals surface area contributed by atoms with E-state index in [1.54, 1.807) is 32.9 Å². The summed E-state index contributed by atoms with van der Waals surface area (Å²) in [6, 6.07) is 12.7. The van der Waals surface area contributed by atoms with Gasteiger partial charge in [-0.1, -0.05) is 18.2 Å². The standard InChI is InChI=1S/C20H27N3O4S/c1-20(2,3)28(25,26)22-14-8-7-11-18(24)23-16-12-13-19(21-15-16)27-17-9-5-4-6-10-17/h4-6,9-10,12-13,15,22H,7-8,11,14H2,1-3H3,(H,23,24). The Hall–Kier alpha value is -2.45. The number of benzene rings is 1. The van der Waals surface area contributed by atoms with Crippen LogP contribution in [-0.2, 0) is 14.8 Å². The monoisotopic (exact) mass is 405 g/mol. The third-order valence-corrected chi connectivity index (χ3v) is 6.11. The molecule has 1 heterocycles. The van der Waals surface area contributed by atoms with E-state index >= 15 is 0 Å². The summed E-state index contributed by atoms with van der Waals surface area (Å²) >= 11 is 0. The Kier molecular flexibility index (Phi) is 7.53. The number of ether oxygens (including phenoxy) is 1. The van der Waals surface area contributed by atoms with Crippen LogP contribution in [0.2, 0.25) is 0 Å². The van der Waals surface area contributed by atoms with E-state index in [1.807, 2.05) is 30.3 Å². The molecule has 0 saturated heterocycles. The Morgan fingerprint density at radius 2 is 1.79 bits per heavy atom. The number of carbonyl (C=O) groups is 1. The predicted octanol–water partition coefficient (Wildman–Crippen LogP) is 3.70. The van der Waals surface area contributed by atoms with Crippen LogP contribution in [0.3, 0.4) is 0 Å². The molecular weight excluding hydrogens is 378 g/mol. The molecule has 0 aliphatic heterocycles. The summed E-state index contributed by atoms with van der Waals surface area (Å²) in [5.74, 6) is 0.987. The number of hydrogen-bond donors (Lipinski definition) is 2. The molecule has 2 N–H and O–H groups in total. The number of amides is 1. The number of sulfonamides is 1. The maximum atomic E-state index is 12.0. The van der Waals surface area contributed by atoms with Gasteiger partial charge in [0.1, 0.15) is 5.75 Å². The second-order valence-corrected chi connectivity index (χ2v) is 9.84. The summed E-state index contributed by atoms with van der Waals surface area (Å²) in [6.45, 7) is 5.26. The normalized spacial score (nSPS) is 11.8. The van der Waals surface area contributed by atoms with Gasteiger partial charge in [-0.15, -0.1) is 0 Å². The van der Waals surface area contributed by atoms with Gasteiger partial charge in [0.15, 0.2) is 0 Å². The van der Waals surface area contributed by atoms with E-state index < -0.39 is 14.8 Å². The molecule has 0 atom stereocenters. The number of nitrogens with zero attached hydrogens (tertiary/aromatic N) is 1. The van der Waals surface area contributed by atoms with Crippen molar-refractivity contribution in [2.24, 2.45) is 0 Å². The zero-order chi connectivity index (χ0) is 20.6. The van der Waals surface area contributed by atoms with Crippen LogP contribution in [0.1, 0.15) is 40.0 Å². The highest BCUT2D eigenvalue weighted by molar-refractivity contribution is 7.90. The average Bonchev–Trinajstić information content (AvgIpc) is 2.63. The SMILES string of the molecule is CC(C)(C)S(=O)(=O)NCCCCC(=O)Nc1ccc(Oc2ccccc2)nc1. The van der Waals surface area contributed by atoms with Gasteiger partial charge in [-0.05, 0) is 51.8 Å². The Bertz CT molecular complexity index is 861. The molecule has 0 spiro atoms. The largest absolute Gasteiger partial charge is 0.439 e. The van der Waals surface area contributed by atoms with Crippen LogP contribution < -0.4 is 14.8 Å². The number of unbranched alkanes of at least 4 members (excludes halogenated alkanes) is 1. The van der Waals surface area contributed by atoms with E-state index in [9.17, 15) is 13.2 Å². The van der Waals surface area contributed by atoms with Gasteiger partial charge >= 0.3 is 0 Å². The molecule has 0 aliphatic carbocycles. The Morgan fingerprint density at radius 1 is 1.07 bits per heavy atom. The van der Waals surface area contributed by atoms with Gasteiger partial charge in [-0.2, -0.15) is 0 Å². The number of aromatic nitrogens is 1. The molecule has 0 radical (unpaired) electrons. The fourth-order valence-electron chi connectivity index (χ4n) is 2.18. The minimum Gasteiger partial charge on any atom is -0.439 e. The Balaban J connectivity index is 1.70. The third-order valence-electron chi connectivity index (χ3n) is 3.91. The van der Waals surface area contributed by atoms with Crippen LogP contribution in [-0.4, -0.2) is 30.6 Å². The first-order chi connectivity index (χ1) is 13.2. The summed E-state index contributed by atoms with van der Waals surface area (Å²) in [4.78, 5) is 16.2. The molecule has 0 unspecified atom stereocenters. The first kappa shape index (κ1) is 21.8. The van der Waals surface area contributed by atoms with Crippen molar-refractivity contribution in [2.75, 3.05) is 11.9 Å². The lowest BCUT2D eigenvalue weighted by Gasteiger charge is -2.19. The quantitative estimate of drug-likeness (QED) is 0.620. The van der Waals surface area contributed by atoms with E-state index in [0.717, 1.165) is 0 Å². The first-order valence-electron chi connectivity index (χ1n) is 9.15. The second kappa shape index (κ2) is 9.66. The maximum Gasteiger partial charge on any atom is 0.224 e. The molecule has 0 aliphatic rings. The fourth-order valence-corrected chi connectivity index (χ4v) is 3.03. The van der Waals surface area contributed by atoms with Gasteiger partial charge in [0.05, 0.1) is 16.6 Å². The molecule has 1 aromatic heterocycles. The summed E-state index contributed by atoms with van der Waals surface area (Å²) < 4.78 is 31.2. The van der Waals surface area contributed by atoms with Gasteiger partial charge in [0, 0.05) is 19.0 Å². The lowest BCUT2D eigenvalue weighted by molar-refractivity contribution is -0.116. The van der Waals surface area contributed by atoms with Crippen molar-refractivity contribution >= 4 is 21.6 Å². The fraction of sp³-hybridized carbons (Fsp3) is 0.400. The number of hydrogen-bond acceptors (Lipinski definition) is 5. The molecule has 8 heteroatoms. The number of para-hydroxylation sites is 1. The highest BCUT2D eigenvalue weighted by Gasteiger charge is 2.27. The van der Waals surface area contributed by atoms with Gasteiger partial charge < -0.3 is 10.1 Å². The molecule has 0 bridgehead atoms. The molecular formula is C20H27N3O4S. The van der Waals surface area contributed by atoms with Gasteiger partial charge in [-0.25, -0.2) is 18.1 Å². The number of rotatable bonds is 9. The lowest BCUT2D eigenvalue weighted by atomic mass is 10.2. The van der Waals surface area contributed by atoms with Crippen molar-refractivity contribution in [2.45, 2.75) is 44.8 Å². The molecule has 28 heavy (non-hydrogen) atoms. The lowest BCUT2D eigenvalue weighted by Crippen LogP contribution is -2.39. The summed E-state index contributed by atoms with van der Waals surface area (Å²) in [5, 5.41) is 2.77. The third kappa shape index (κ3) is 6.94. The molecule has 1 amide bonds. The van der Waals surface area contributed by atoms with Crippen molar-refractivity contribution in [1.82, 2.24) is 9.71 Å². The number of carbonyl (C=O) groups excluding carboxylic acids is 1. The van der Waals surface area contributed by atoms with Crippen LogP contribution in [0.5, 0.6) is 11.6 Å². The molecule has 152 valence electrons. The molecule has 0 saturated carbocycles. The Labute approximate surface area is 166 Å². The van der Waals surface area contributed by atoms with Crippen LogP contribution in [0, 0.1) is 0 Å². The zero-order valence-electron chi connectivity index (χ0n) is 16.4. The van der Waals surface area contributed by atoms with Crippen molar-refractivity contribution in [3.05, 3.63) is 48.7 Å². The predicted molar refractivity (Wildman–Crippen MR) is 110 cm³/mol. The molecule has 1 aromatic carbocycles. The summed E-state index contributed by atoms with van der Waals surface area (Å²) in [7, 11) is -3.34. The molecule has 0 fully saturated rings. The van der Waals surface area contributed by atoms with Crippen LogP contribution in [0.4, 0.5) is 5.69 Å². The van der Waals surface area contributed by atoms with Gasteiger partial charge in [0.25, 0.3) is 0 Å². The second-order valence-electron chi connectivity index (χ2n) is 7.32. The topological polar surface area (TPSA) is 97.4 Å². The van der Waals surface area contributed by atoms with Crippen LogP contribution >= 0.6 is 0 Å². The highest BCUT2D eigenvalue weighted by atomic mass is 32.2. The average molecular weight is 406 g/mol. The van der Waals surface area contributed by atoms with Crippen molar-refractivity contribution in [3.8, 4) is 11.6 Å². The summed E-state index contributed by atoms with van der Waals surface area (Å²) in [6.07, 6.45) is 3.01. The molecule has 7 nitrogen and oxygen atoms in total. The van der Waals surface area contributed by atoms with Crippen molar-refractivity contribution in [3.63, 3.8) is 0 Å². The number of nitrogens with one attached hydrogen (secondary N) is 2. The van der Waals surface area contributed by atoms with Crippen molar-refractivity contribution in [1.29, 1.82) is 0 Å². The number of anilines is 1. The van der Waals surface area contributed by atoms with Crippen LogP contribution in [0.15, 0.2) is 48.7 Å². The minimum atomic E-state index is -3.34. The van der Waals surface area contributed by atoms with Gasteiger partial charge in [-0.3, -0.25) is 4.79 Å². The Morgan fingerprint density at radius 3 is 2.39 bits per heavy atom. The maximum absolute atomic E-state index is 12.0. The highest BCUT2D eigenvalue weighted by Crippen LogP contribution is 2.20. The molecule has 2 aromatic rings. The van der Waals surface area contributed by atoms with E-state index in [-0.39, 0.29) is 5.91 Å². The zero-order valence-corrected chi connectivity index (χ0v) is 17.3. The smallest absolute Gasteiger partial charge is 0.224 e. The molecule has 2 rings (SSSR count). The van der Waals surface area contributed by atoms with E-state index in [2.05, 4.69) is 15.0 Å². The first-order valence-corrected chi connectivity index (χ1v) is 10.6. The van der Waals surface area contributed by atoms with E-state index in [4.69, 9.17) is 4.74 Å². The summed E-state index contributed by atoms with van der Waals surface area (Å²) in [5.41, 5.74) is 0.582. The van der Waals surface area contributed by atoms with Gasteiger partial charge in [0.2, 0.25) is 21.8 Å². The number of pyridine rings is 1. The van der Waals surface area contributed by atoms with Crippen molar-refractivity contribution < 1.29 is 17.9 Å². The van der Waals surface area contributed by atoms with E-state index in [0.29, 0.717) is 43.1 Å².